The molecular weight excluding hydrogens is 202 g/mol. The molecule has 0 amide bonds. The molecule has 0 bridgehead atoms. The van der Waals surface area contributed by atoms with Crippen LogP contribution in [0, 0.1) is 5.92 Å². The summed E-state index contributed by atoms with van der Waals surface area (Å²) in [6.07, 6.45) is 2.47. The van der Waals surface area contributed by atoms with E-state index in [2.05, 4.69) is 17.0 Å². The first-order chi connectivity index (χ1) is 7.72. The van der Waals surface area contributed by atoms with Gasteiger partial charge in [0.1, 0.15) is 0 Å². The van der Waals surface area contributed by atoms with Gasteiger partial charge in [0.2, 0.25) is 0 Å². The second kappa shape index (κ2) is 3.70. The second-order valence-electron chi connectivity index (χ2n) is 5.14. The van der Waals surface area contributed by atoms with Crippen LogP contribution in [-0.2, 0) is 6.54 Å². The van der Waals surface area contributed by atoms with E-state index < -0.39 is 0 Å². The molecule has 0 aromatic carbocycles. The van der Waals surface area contributed by atoms with Crippen molar-refractivity contribution in [2.24, 2.45) is 5.92 Å². The lowest BCUT2D eigenvalue weighted by Crippen LogP contribution is -2.47. The van der Waals surface area contributed by atoms with Gasteiger partial charge in [-0.2, -0.15) is 5.10 Å². The third-order valence-corrected chi connectivity index (χ3v) is 3.45. The van der Waals surface area contributed by atoms with E-state index in [1.54, 1.807) is 10.7 Å². The lowest BCUT2D eigenvalue weighted by atomic mass is 10.0. The maximum absolute atomic E-state index is 11.7. The van der Waals surface area contributed by atoms with Crippen molar-refractivity contribution in [1.82, 2.24) is 14.7 Å². The third-order valence-electron chi connectivity index (χ3n) is 3.45. The van der Waals surface area contributed by atoms with E-state index in [0.717, 1.165) is 25.3 Å². The Labute approximate surface area is 94.9 Å². The van der Waals surface area contributed by atoms with Gasteiger partial charge in [-0.25, -0.2) is 4.68 Å². The number of hydrogen-bond acceptors (Lipinski definition) is 3. The average molecular weight is 219 g/mol. The number of nitrogens with zero attached hydrogens (tertiary/aromatic N) is 3. The van der Waals surface area contributed by atoms with Crippen LogP contribution in [0.15, 0.2) is 16.9 Å². The van der Waals surface area contributed by atoms with E-state index >= 15 is 0 Å². The standard InChI is InChI=1S/C12H17N3O/c1-14-6-9(7-14)8-15-12(16)5-4-11(13-15)10-2-3-10/h4-5,9-10H,2-3,6-8H2,1H3. The van der Waals surface area contributed by atoms with Crippen LogP contribution in [0.2, 0.25) is 0 Å². The summed E-state index contributed by atoms with van der Waals surface area (Å²) in [4.78, 5) is 13.9. The van der Waals surface area contributed by atoms with Gasteiger partial charge in [-0.05, 0) is 26.0 Å². The number of rotatable bonds is 3. The van der Waals surface area contributed by atoms with Gasteiger partial charge in [-0.3, -0.25) is 4.79 Å². The molecule has 0 N–H and O–H groups in total. The fraction of sp³-hybridized carbons (Fsp3) is 0.667. The van der Waals surface area contributed by atoms with Crippen molar-refractivity contribution in [2.75, 3.05) is 20.1 Å². The molecule has 4 heteroatoms. The van der Waals surface area contributed by atoms with Gasteiger partial charge in [0, 0.05) is 31.0 Å². The Hall–Kier alpha value is -1.16. The first-order valence-corrected chi connectivity index (χ1v) is 5.99. The van der Waals surface area contributed by atoms with Gasteiger partial charge >= 0.3 is 0 Å². The van der Waals surface area contributed by atoms with Crippen LogP contribution in [0.25, 0.3) is 0 Å². The predicted molar refractivity (Wildman–Crippen MR) is 61.5 cm³/mol. The summed E-state index contributed by atoms with van der Waals surface area (Å²) in [6, 6.07) is 3.56. The molecule has 1 aromatic heterocycles. The molecule has 1 aliphatic heterocycles. The second-order valence-corrected chi connectivity index (χ2v) is 5.14. The minimum atomic E-state index is 0.0407. The number of likely N-dealkylation sites (tertiary alicyclic amines) is 1. The van der Waals surface area contributed by atoms with Gasteiger partial charge in [0.15, 0.2) is 0 Å². The highest BCUT2D eigenvalue weighted by Crippen LogP contribution is 2.38. The Kier molecular flexibility index (Phi) is 2.32. The van der Waals surface area contributed by atoms with Crippen molar-refractivity contribution in [3.8, 4) is 0 Å². The Bertz CT molecular complexity index is 444. The summed E-state index contributed by atoms with van der Waals surface area (Å²) in [7, 11) is 2.10. The normalized spacial score (nSPS) is 22.1. The molecule has 0 atom stereocenters. The predicted octanol–water partition coefficient (Wildman–Crippen LogP) is 0.682. The van der Waals surface area contributed by atoms with Gasteiger partial charge in [-0.15, -0.1) is 0 Å². The monoisotopic (exact) mass is 219 g/mol. The van der Waals surface area contributed by atoms with E-state index in [1.807, 2.05) is 6.07 Å². The quantitative estimate of drug-likeness (QED) is 0.750. The summed E-state index contributed by atoms with van der Waals surface area (Å²) in [6.45, 7) is 2.95. The van der Waals surface area contributed by atoms with Crippen LogP contribution in [0.1, 0.15) is 24.5 Å². The molecule has 0 radical (unpaired) electrons. The third kappa shape index (κ3) is 1.89. The first-order valence-electron chi connectivity index (χ1n) is 5.99. The average Bonchev–Trinajstić information content (AvgIpc) is 3.02. The molecule has 16 heavy (non-hydrogen) atoms. The Balaban J connectivity index is 1.76. The summed E-state index contributed by atoms with van der Waals surface area (Å²) < 4.78 is 1.66. The van der Waals surface area contributed by atoms with Gasteiger partial charge in [0.25, 0.3) is 5.56 Å². The van der Waals surface area contributed by atoms with E-state index in [0.29, 0.717) is 11.8 Å². The molecule has 2 heterocycles. The largest absolute Gasteiger partial charge is 0.306 e. The van der Waals surface area contributed by atoms with E-state index in [-0.39, 0.29) is 5.56 Å². The molecule has 86 valence electrons. The van der Waals surface area contributed by atoms with Crippen molar-refractivity contribution in [2.45, 2.75) is 25.3 Å². The van der Waals surface area contributed by atoms with Crippen molar-refractivity contribution in [1.29, 1.82) is 0 Å². The van der Waals surface area contributed by atoms with Gasteiger partial charge < -0.3 is 4.90 Å². The molecule has 0 unspecified atom stereocenters. The molecule has 1 aliphatic carbocycles. The zero-order chi connectivity index (χ0) is 11.1. The summed E-state index contributed by atoms with van der Waals surface area (Å²) in [5.74, 6) is 1.22. The van der Waals surface area contributed by atoms with Crippen LogP contribution < -0.4 is 5.56 Å². The first kappa shape index (κ1) is 10.0. The zero-order valence-corrected chi connectivity index (χ0v) is 9.59. The smallest absolute Gasteiger partial charge is 0.266 e. The highest BCUT2D eigenvalue weighted by molar-refractivity contribution is 5.12. The minimum absolute atomic E-state index is 0.0407. The molecule has 0 spiro atoms. The summed E-state index contributed by atoms with van der Waals surface area (Å²) >= 11 is 0. The molecule has 1 saturated heterocycles. The lowest BCUT2D eigenvalue weighted by Gasteiger charge is -2.36. The number of aromatic nitrogens is 2. The maximum atomic E-state index is 11.7. The molecule has 2 aliphatic rings. The van der Waals surface area contributed by atoms with Crippen LogP contribution in [0.5, 0.6) is 0 Å². The van der Waals surface area contributed by atoms with Crippen molar-refractivity contribution in [3.63, 3.8) is 0 Å². The summed E-state index contributed by atoms with van der Waals surface area (Å²) in [5.41, 5.74) is 1.14. The van der Waals surface area contributed by atoms with Crippen LogP contribution in [0.3, 0.4) is 0 Å². The molecule has 4 nitrogen and oxygen atoms in total. The molecular formula is C12H17N3O. The lowest BCUT2D eigenvalue weighted by molar-refractivity contribution is 0.114. The molecule has 1 saturated carbocycles. The fourth-order valence-electron chi connectivity index (χ4n) is 2.38. The summed E-state index contributed by atoms with van der Waals surface area (Å²) in [5, 5.41) is 4.47. The Morgan fingerprint density at radius 1 is 1.38 bits per heavy atom. The van der Waals surface area contributed by atoms with E-state index in [4.69, 9.17) is 0 Å². The number of hydrogen-bond donors (Lipinski definition) is 0. The highest BCUT2D eigenvalue weighted by Gasteiger charge is 2.27. The van der Waals surface area contributed by atoms with Crippen LogP contribution in [-0.4, -0.2) is 34.8 Å². The fourth-order valence-corrected chi connectivity index (χ4v) is 2.38. The zero-order valence-electron chi connectivity index (χ0n) is 9.59. The minimum Gasteiger partial charge on any atom is -0.306 e. The Morgan fingerprint density at radius 2 is 2.12 bits per heavy atom. The topological polar surface area (TPSA) is 38.1 Å². The molecule has 1 aromatic rings. The maximum Gasteiger partial charge on any atom is 0.266 e. The highest BCUT2D eigenvalue weighted by atomic mass is 16.1. The molecule has 3 rings (SSSR count). The van der Waals surface area contributed by atoms with E-state index in [9.17, 15) is 4.79 Å². The van der Waals surface area contributed by atoms with Crippen molar-refractivity contribution < 1.29 is 0 Å². The molecule has 2 fully saturated rings. The van der Waals surface area contributed by atoms with Crippen LogP contribution in [0.4, 0.5) is 0 Å². The van der Waals surface area contributed by atoms with Crippen molar-refractivity contribution in [3.05, 3.63) is 28.2 Å². The van der Waals surface area contributed by atoms with Crippen molar-refractivity contribution >= 4 is 0 Å². The van der Waals surface area contributed by atoms with Crippen LogP contribution >= 0.6 is 0 Å². The Morgan fingerprint density at radius 3 is 2.75 bits per heavy atom. The van der Waals surface area contributed by atoms with E-state index in [1.165, 1.54) is 12.8 Å². The van der Waals surface area contributed by atoms with Gasteiger partial charge in [0.05, 0.1) is 12.2 Å². The van der Waals surface area contributed by atoms with Gasteiger partial charge in [-0.1, -0.05) is 0 Å². The SMILES string of the molecule is CN1CC(Cn2nc(C3CC3)ccc2=O)C1.